The van der Waals surface area contributed by atoms with Gasteiger partial charge >= 0.3 is 12.2 Å². The number of amides is 4. The highest BCUT2D eigenvalue weighted by Gasteiger charge is 2.52. The van der Waals surface area contributed by atoms with E-state index in [1.54, 1.807) is 0 Å². The molecule has 10 heteroatoms. The number of urea groups is 1. The second-order valence-corrected chi connectivity index (χ2v) is 8.00. The van der Waals surface area contributed by atoms with Crippen LogP contribution in [0.4, 0.5) is 23.7 Å². The summed E-state index contributed by atoms with van der Waals surface area (Å²) in [5.74, 6) is -1.32. The summed E-state index contributed by atoms with van der Waals surface area (Å²) in [7, 11) is 0. The van der Waals surface area contributed by atoms with E-state index in [0.29, 0.717) is 25.3 Å². The number of fused-ring (bicyclic) bond motifs is 1. The fraction of sp³-hybridized carbons (Fsp3) is 0.286. The van der Waals surface area contributed by atoms with Crippen LogP contribution in [0.15, 0.2) is 42.5 Å². The summed E-state index contributed by atoms with van der Waals surface area (Å²) in [4.78, 5) is 38.6. The lowest BCUT2D eigenvalue weighted by molar-refractivity contribution is -0.137. The second-order valence-electron chi connectivity index (χ2n) is 7.59. The molecule has 1 aliphatic heterocycles. The Bertz CT molecular complexity index is 1090. The fourth-order valence-electron chi connectivity index (χ4n) is 4.01. The molecule has 0 bridgehead atoms. The van der Waals surface area contributed by atoms with Crippen molar-refractivity contribution in [2.45, 2.75) is 31.0 Å². The van der Waals surface area contributed by atoms with Gasteiger partial charge in [0.2, 0.25) is 5.91 Å². The number of carbonyl (C=O) groups excluding carboxylic acids is 3. The molecule has 2 N–H and O–H groups in total. The number of anilines is 1. The van der Waals surface area contributed by atoms with Gasteiger partial charge in [0.05, 0.1) is 10.6 Å². The molecule has 1 aliphatic carbocycles. The number of hydrogen-bond donors (Lipinski definition) is 2. The molecule has 31 heavy (non-hydrogen) atoms. The highest BCUT2D eigenvalue weighted by molar-refractivity contribution is 6.31. The first-order valence-corrected chi connectivity index (χ1v) is 9.84. The van der Waals surface area contributed by atoms with Crippen LogP contribution >= 0.6 is 11.6 Å². The van der Waals surface area contributed by atoms with Gasteiger partial charge in [0.1, 0.15) is 12.1 Å². The summed E-state index contributed by atoms with van der Waals surface area (Å²) in [6.45, 7) is -0.613. The van der Waals surface area contributed by atoms with E-state index in [9.17, 15) is 27.6 Å². The van der Waals surface area contributed by atoms with Crippen LogP contribution < -0.4 is 10.6 Å². The first kappa shape index (κ1) is 21.2. The van der Waals surface area contributed by atoms with Crippen LogP contribution in [0, 0.1) is 0 Å². The van der Waals surface area contributed by atoms with Crippen LogP contribution in [0.2, 0.25) is 5.02 Å². The zero-order valence-corrected chi connectivity index (χ0v) is 16.8. The lowest BCUT2D eigenvalue weighted by atomic mass is 9.78. The molecule has 1 atom stereocenters. The first-order chi connectivity index (χ1) is 14.6. The molecule has 162 valence electrons. The molecule has 0 radical (unpaired) electrons. The van der Waals surface area contributed by atoms with E-state index in [-0.39, 0.29) is 5.69 Å². The SMILES string of the molecule is O=C(CN1C(=O)NC2(CCc3ccccc3C2)C1=O)Nc1ccc(Cl)c(C(F)(F)F)c1. The fourth-order valence-corrected chi connectivity index (χ4v) is 4.23. The summed E-state index contributed by atoms with van der Waals surface area (Å²) in [5.41, 5.74) is -0.295. The van der Waals surface area contributed by atoms with Gasteiger partial charge in [-0.25, -0.2) is 4.79 Å². The molecule has 2 aromatic carbocycles. The molecule has 1 fully saturated rings. The van der Waals surface area contributed by atoms with Crippen molar-refractivity contribution in [1.29, 1.82) is 0 Å². The summed E-state index contributed by atoms with van der Waals surface area (Å²) < 4.78 is 39.0. The number of nitrogens with zero attached hydrogens (tertiary/aromatic N) is 1. The van der Waals surface area contributed by atoms with E-state index in [1.807, 2.05) is 24.3 Å². The highest BCUT2D eigenvalue weighted by atomic mass is 35.5. The lowest BCUT2D eigenvalue weighted by Crippen LogP contribution is -2.51. The molecule has 6 nitrogen and oxygen atoms in total. The third-order valence-corrected chi connectivity index (χ3v) is 5.86. The van der Waals surface area contributed by atoms with E-state index in [4.69, 9.17) is 11.6 Å². The number of rotatable bonds is 3. The zero-order chi connectivity index (χ0) is 22.4. The molecular weight excluding hydrogens is 435 g/mol. The Labute approximate surface area is 180 Å². The number of halogens is 4. The van der Waals surface area contributed by atoms with Crippen LogP contribution in [0.5, 0.6) is 0 Å². The Balaban J connectivity index is 1.47. The van der Waals surface area contributed by atoms with Crippen molar-refractivity contribution in [3.05, 3.63) is 64.2 Å². The normalized spacial score (nSPS) is 20.6. The predicted octanol–water partition coefficient (Wildman–Crippen LogP) is 3.78. The number of hydrogen-bond acceptors (Lipinski definition) is 3. The summed E-state index contributed by atoms with van der Waals surface area (Å²) in [6, 6.07) is 9.84. The van der Waals surface area contributed by atoms with E-state index in [0.717, 1.165) is 22.1 Å². The zero-order valence-electron chi connectivity index (χ0n) is 16.1. The van der Waals surface area contributed by atoms with Gasteiger partial charge < -0.3 is 10.6 Å². The number of carbonyl (C=O) groups is 3. The molecular formula is C21H17ClF3N3O3. The maximum atomic E-state index is 13.0. The van der Waals surface area contributed by atoms with Crippen LogP contribution in [0.3, 0.4) is 0 Å². The summed E-state index contributed by atoms with van der Waals surface area (Å²) in [5, 5.41) is 4.49. The van der Waals surface area contributed by atoms with Gasteiger partial charge in [-0.15, -0.1) is 0 Å². The van der Waals surface area contributed by atoms with Gasteiger partial charge in [0.25, 0.3) is 5.91 Å². The topological polar surface area (TPSA) is 78.5 Å². The van der Waals surface area contributed by atoms with Crippen molar-refractivity contribution >= 4 is 35.1 Å². The molecule has 1 spiro atoms. The maximum absolute atomic E-state index is 13.0. The van der Waals surface area contributed by atoms with Crippen molar-refractivity contribution < 1.29 is 27.6 Å². The average Bonchev–Trinajstić information content (AvgIpc) is 2.92. The smallest absolute Gasteiger partial charge is 0.325 e. The molecule has 0 aromatic heterocycles. The number of alkyl halides is 3. The van der Waals surface area contributed by atoms with E-state index >= 15 is 0 Å². The molecule has 1 saturated heterocycles. The number of nitrogens with one attached hydrogen (secondary N) is 2. The van der Waals surface area contributed by atoms with Crippen molar-refractivity contribution in [3.63, 3.8) is 0 Å². The third-order valence-electron chi connectivity index (χ3n) is 5.53. The predicted molar refractivity (Wildman–Crippen MR) is 107 cm³/mol. The molecule has 4 rings (SSSR count). The van der Waals surface area contributed by atoms with Gasteiger partial charge in [0, 0.05) is 12.1 Å². The van der Waals surface area contributed by atoms with E-state index in [1.165, 1.54) is 6.07 Å². The maximum Gasteiger partial charge on any atom is 0.417 e. The Morgan fingerprint density at radius 1 is 1.16 bits per heavy atom. The van der Waals surface area contributed by atoms with Crippen LogP contribution in [-0.4, -0.2) is 34.8 Å². The van der Waals surface area contributed by atoms with Crippen molar-refractivity contribution in [1.82, 2.24) is 10.2 Å². The Morgan fingerprint density at radius 2 is 1.87 bits per heavy atom. The molecule has 2 aromatic rings. The third kappa shape index (κ3) is 3.97. The standard InChI is InChI=1S/C21H17ClF3N3O3/c22-16-6-5-14(9-15(16)21(23,24)25)26-17(29)11-28-18(30)20(27-19(28)31)8-7-12-3-1-2-4-13(12)10-20/h1-6,9H,7-8,10-11H2,(H,26,29)(H,27,31). The Morgan fingerprint density at radius 3 is 2.58 bits per heavy atom. The number of imide groups is 1. The van der Waals surface area contributed by atoms with Crippen molar-refractivity contribution in [2.75, 3.05) is 11.9 Å². The lowest BCUT2D eigenvalue weighted by Gasteiger charge is -2.32. The monoisotopic (exact) mass is 451 g/mol. The number of benzene rings is 2. The molecule has 0 saturated carbocycles. The van der Waals surface area contributed by atoms with Crippen LogP contribution in [0.25, 0.3) is 0 Å². The van der Waals surface area contributed by atoms with Crippen molar-refractivity contribution in [2.24, 2.45) is 0 Å². The molecule has 1 unspecified atom stereocenters. The summed E-state index contributed by atoms with van der Waals surface area (Å²) >= 11 is 5.57. The van der Waals surface area contributed by atoms with Gasteiger partial charge in [0.15, 0.2) is 0 Å². The van der Waals surface area contributed by atoms with Gasteiger partial charge in [-0.05, 0) is 42.2 Å². The number of aryl methyl sites for hydroxylation is 1. The summed E-state index contributed by atoms with van der Waals surface area (Å²) in [6.07, 6.45) is -3.36. The Kier molecular flexibility index (Phi) is 5.17. The molecule has 4 amide bonds. The van der Waals surface area contributed by atoms with Crippen LogP contribution in [-0.2, 0) is 28.6 Å². The van der Waals surface area contributed by atoms with Crippen LogP contribution in [0.1, 0.15) is 23.1 Å². The molecule has 2 aliphatic rings. The average molecular weight is 452 g/mol. The van der Waals surface area contributed by atoms with Crippen molar-refractivity contribution in [3.8, 4) is 0 Å². The van der Waals surface area contributed by atoms with Gasteiger partial charge in [-0.1, -0.05) is 35.9 Å². The van der Waals surface area contributed by atoms with E-state index < -0.39 is 46.7 Å². The minimum Gasteiger partial charge on any atom is -0.325 e. The Hall–Kier alpha value is -3.07. The largest absolute Gasteiger partial charge is 0.417 e. The minimum absolute atomic E-state index is 0.143. The van der Waals surface area contributed by atoms with Gasteiger partial charge in [-0.3, -0.25) is 14.5 Å². The minimum atomic E-state index is -4.69. The first-order valence-electron chi connectivity index (χ1n) is 9.46. The van der Waals surface area contributed by atoms with E-state index in [2.05, 4.69) is 10.6 Å². The van der Waals surface area contributed by atoms with Gasteiger partial charge in [-0.2, -0.15) is 13.2 Å². The highest BCUT2D eigenvalue weighted by Crippen LogP contribution is 2.36. The molecule has 1 heterocycles. The quantitative estimate of drug-likeness (QED) is 0.697. The second kappa shape index (κ2) is 7.56.